The van der Waals surface area contributed by atoms with Crippen molar-refractivity contribution in [2.24, 2.45) is 0 Å². The molecular weight excluding hydrogens is 354 g/mol. The van der Waals surface area contributed by atoms with Gasteiger partial charge in [0.15, 0.2) is 0 Å². The van der Waals surface area contributed by atoms with Gasteiger partial charge in [-0.05, 0) is 44.8 Å². The molecule has 0 bridgehead atoms. The van der Waals surface area contributed by atoms with E-state index in [2.05, 4.69) is 115 Å². The van der Waals surface area contributed by atoms with Crippen LogP contribution in [0.15, 0.2) is 97.1 Å². The van der Waals surface area contributed by atoms with Crippen molar-refractivity contribution in [3.05, 3.63) is 97.1 Å². The summed E-state index contributed by atoms with van der Waals surface area (Å²) in [6.07, 6.45) is 0. The van der Waals surface area contributed by atoms with E-state index in [1.54, 1.807) is 0 Å². The summed E-state index contributed by atoms with van der Waals surface area (Å²) in [7, 11) is -1.82. The summed E-state index contributed by atoms with van der Waals surface area (Å²) in [5.41, 5.74) is 7.67. The van der Waals surface area contributed by atoms with Crippen LogP contribution in [0.1, 0.15) is 0 Å². The van der Waals surface area contributed by atoms with Crippen LogP contribution < -0.4 is 15.7 Å². The third kappa shape index (κ3) is 2.78. The molecule has 1 N–H and O–H groups in total. The van der Waals surface area contributed by atoms with Crippen molar-refractivity contribution in [2.45, 2.75) is 13.1 Å². The van der Waals surface area contributed by atoms with Crippen LogP contribution in [0, 0.1) is 0 Å². The average Bonchev–Trinajstić information content (AvgIpc) is 2.75. The van der Waals surface area contributed by atoms with Crippen LogP contribution in [-0.2, 0) is 0 Å². The van der Waals surface area contributed by atoms with E-state index in [4.69, 9.17) is 0 Å². The molecule has 0 amide bonds. The van der Waals surface area contributed by atoms with Crippen molar-refractivity contribution in [3.8, 4) is 22.3 Å². The van der Waals surface area contributed by atoms with Gasteiger partial charge < -0.3 is 5.32 Å². The maximum absolute atomic E-state index is 3.69. The average molecular weight is 378 g/mol. The molecule has 0 radical (unpaired) electrons. The molecule has 1 heterocycles. The van der Waals surface area contributed by atoms with E-state index in [9.17, 15) is 0 Å². The first-order chi connectivity index (χ1) is 13.6. The Labute approximate surface area is 167 Å². The zero-order valence-corrected chi connectivity index (χ0v) is 17.2. The van der Waals surface area contributed by atoms with Gasteiger partial charge in [0.05, 0.1) is 0 Å². The lowest BCUT2D eigenvalue weighted by atomic mass is 10.0. The molecule has 0 saturated heterocycles. The van der Waals surface area contributed by atoms with E-state index in [-0.39, 0.29) is 0 Å². The molecule has 0 aliphatic carbocycles. The summed E-state index contributed by atoms with van der Waals surface area (Å²) >= 11 is 0. The molecule has 0 atom stereocenters. The summed E-state index contributed by atoms with van der Waals surface area (Å²) in [5.74, 6) is 0. The van der Waals surface area contributed by atoms with Crippen molar-refractivity contribution >= 4 is 29.8 Å². The van der Waals surface area contributed by atoms with Crippen LogP contribution in [0.3, 0.4) is 0 Å². The van der Waals surface area contributed by atoms with Gasteiger partial charge in [-0.15, -0.1) is 0 Å². The Hall–Kier alpha value is -3.10. The second kappa shape index (κ2) is 6.50. The second-order valence-electron chi connectivity index (χ2n) is 8.00. The van der Waals surface area contributed by atoms with Crippen LogP contribution in [-0.4, -0.2) is 8.07 Å². The summed E-state index contributed by atoms with van der Waals surface area (Å²) in [4.78, 5) is 0. The van der Waals surface area contributed by atoms with Crippen LogP contribution in [0.4, 0.5) is 11.4 Å². The molecule has 136 valence electrons. The van der Waals surface area contributed by atoms with Crippen LogP contribution in [0.25, 0.3) is 22.3 Å². The number of benzene rings is 4. The number of rotatable bonds is 2. The number of fused-ring (bicyclic) bond motifs is 2. The van der Waals surface area contributed by atoms with E-state index in [1.165, 1.54) is 44.0 Å². The van der Waals surface area contributed by atoms with E-state index in [1.807, 2.05) is 0 Å². The molecule has 0 saturated carbocycles. The SMILES string of the molecule is C[Si]1(C)c2cc(-c3ccccc3)ccc2Nc2ccc(-c3ccccc3)cc21. The maximum atomic E-state index is 3.69. The van der Waals surface area contributed by atoms with Gasteiger partial charge >= 0.3 is 0 Å². The number of nitrogens with one attached hydrogen (secondary N) is 1. The molecule has 4 aromatic rings. The number of hydrogen-bond acceptors (Lipinski definition) is 1. The van der Waals surface area contributed by atoms with E-state index in [0.717, 1.165) is 0 Å². The van der Waals surface area contributed by atoms with Gasteiger partial charge in [-0.25, -0.2) is 0 Å². The fourth-order valence-corrected chi connectivity index (χ4v) is 7.21. The lowest BCUT2D eigenvalue weighted by Crippen LogP contribution is -2.57. The standard InChI is InChI=1S/C26H23NSi/c1-28(2)25-17-21(19-9-5-3-6-10-19)13-15-23(25)27-24-16-14-22(18-26(24)28)20-11-7-4-8-12-20/h3-18,27H,1-2H3. The lowest BCUT2D eigenvalue weighted by molar-refractivity contribution is 1.52. The third-order valence-electron chi connectivity index (χ3n) is 5.87. The molecule has 4 aromatic carbocycles. The Bertz CT molecular complexity index is 1060. The van der Waals surface area contributed by atoms with Gasteiger partial charge in [0, 0.05) is 11.4 Å². The fourth-order valence-electron chi connectivity index (χ4n) is 4.25. The maximum Gasteiger partial charge on any atom is 0.117 e. The largest absolute Gasteiger partial charge is 0.356 e. The first kappa shape index (κ1) is 17.0. The Morgan fingerprint density at radius 3 is 1.36 bits per heavy atom. The molecular formula is C26H23NSi. The van der Waals surface area contributed by atoms with Crippen molar-refractivity contribution in [1.29, 1.82) is 0 Å². The minimum absolute atomic E-state index is 1.26. The minimum Gasteiger partial charge on any atom is -0.356 e. The lowest BCUT2D eigenvalue weighted by Gasteiger charge is -2.35. The van der Waals surface area contributed by atoms with Gasteiger partial charge in [-0.1, -0.05) is 98.0 Å². The zero-order chi connectivity index (χ0) is 19.1. The van der Waals surface area contributed by atoms with Crippen molar-refractivity contribution in [2.75, 3.05) is 5.32 Å². The molecule has 0 spiro atoms. The molecule has 0 aromatic heterocycles. The van der Waals surface area contributed by atoms with E-state index in [0.29, 0.717) is 0 Å². The predicted molar refractivity (Wildman–Crippen MR) is 124 cm³/mol. The monoisotopic (exact) mass is 377 g/mol. The Morgan fingerprint density at radius 1 is 0.500 bits per heavy atom. The summed E-state index contributed by atoms with van der Waals surface area (Å²) in [6, 6.07) is 35.1. The van der Waals surface area contributed by atoms with Crippen LogP contribution in [0.5, 0.6) is 0 Å². The molecule has 1 aliphatic heterocycles. The molecule has 1 aliphatic rings. The molecule has 1 nitrogen and oxygen atoms in total. The predicted octanol–water partition coefficient (Wildman–Crippen LogP) is 5.90. The highest BCUT2D eigenvalue weighted by Gasteiger charge is 2.35. The van der Waals surface area contributed by atoms with Crippen molar-refractivity contribution in [1.82, 2.24) is 0 Å². The molecule has 5 rings (SSSR count). The normalized spacial score (nSPS) is 13.9. The first-order valence-corrected chi connectivity index (χ1v) is 12.8. The molecule has 0 fully saturated rings. The third-order valence-corrected chi connectivity index (χ3v) is 9.39. The Morgan fingerprint density at radius 2 is 0.929 bits per heavy atom. The van der Waals surface area contributed by atoms with Gasteiger partial charge in [-0.3, -0.25) is 0 Å². The molecule has 2 heteroatoms. The molecule has 0 unspecified atom stereocenters. The highest BCUT2D eigenvalue weighted by molar-refractivity contribution is 7.02. The van der Waals surface area contributed by atoms with Crippen LogP contribution >= 0.6 is 0 Å². The number of anilines is 2. The van der Waals surface area contributed by atoms with Crippen molar-refractivity contribution < 1.29 is 0 Å². The minimum atomic E-state index is -1.82. The van der Waals surface area contributed by atoms with E-state index >= 15 is 0 Å². The summed E-state index contributed by atoms with van der Waals surface area (Å²) < 4.78 is 0. The van der Waals surface area contributed by atoms with Crippen LogP contribution in [0.2, 0.25) is 13.1 Å². The van der Waals surface area contributed by atoms with E-state index < -0.39 is 8.07 Å². The van der Waals surface area contributed by atoms with Gasteiger partial charge in [0.2, 0.25) is 0 Å². The van der Waals surface area contributed by atoms with Gasteiger partial charge in [-0.2, -0.15) is 0 Å². The Kier molecular flexibility index (Phi) is 3.95. The fraction of sp³-hybridized carbons (Fsp3) is 0.0769. The summed E-state index contributed by atoms with van der Waals surface area (Å²) in [5, 5.41) is 6.64. The zero-order valence-electron chi connectivity index (χ0n) is 16.2. The summed E-state index contributed by atoms with van der Waals surface area (Å²) in [6.45, 7) is 4.93. The molecule has 28 heavy (non-hydrogen) atoms. The van der Waals surface area contributed by atoms with Crippen molar-refractivity contribution in [3.63, 3.8) is 0 Å². The Balaban J connectivity index is 1.63. The number of hydrogen-bond donors (Lipinski definition) is 1. The second-order valence-corrected chi connectivity index (χ2v) is 12.3. The van der Waals surface area contributed by atoms with Gasteiger partial charge in [0.1, 0.15) is 8.07 Å². The first-order valence-electron chi connectivity index (χ1n) is 9.80. The smallest absolute Gasteiger partial charge is 0.117 e. The quantitative estimate of drug-likeness (QED) is 0.429. The topological polar surface area (TPSA) is 12.0 Å². The van der Waals surface area contributed by atoms with Gasteiger partial charge in [0.25, 0.3) is 0 Å². The highest BCUT2D eigenvalue weighted by Crippen LogP contribution is 2.31. The highest BCUT2D eigenvalue weighted by atomic mass is 28.3.